The molecule has 0 bridgehead atoms. The molecule has 0 heterocycles. The lowest BCUT2D eigenvalue weighted by Crippen LogP contribution is -1.96. The van der Waals surface area contributed by atoms with Gasteiger partial charge in [-0.2, -0.15) is 0 Å². The Labute approximate surface area is 94.3 Å². The Morgan fingerprint density at radius 1 is 1.43 bits per heavy atom. The van der Waals surface area contributed by atoms with Crippen molar-refractivity contribution >= 4 is 15.9 Å². The molecule has 1 N–H and O–H groups in total. The lowest BCUT2D eigenvalue weighted by Gasteiger charge is -2.12. The largest absolute Gasteiger partial charge is 0.396 e. The van der Waals surface area contributed by atoms with E-state index in [1.54, 1.807) is 0 Å². The number of benzene rings is 1. The van der Waals surface area contributed by atoms with E-state index in [2.05, 4.69) is 48.0 Å². The molecule has 78 valence electrons. The molecule has 0 radical (unpaired) electrons. The first-order valence-corrected chi connectivity index (χ1v) is 5.87. The molecular weight excluding hydrogens is 240 g/mol. The number of rotatable bonds is 4. The fourth-order valence-electron chi connectivity index (χ4n) is 1.47. The third kappa shape index (κ3) is 2.82. The summed E-state index contributed by atoms with van der Waals surface area (Å²) in [6.07, 6.45) is 1.89. The van der Waals surface area contributed by atoms with Crippen LogP contribution in [0.25, 0.3) is 0 Å². The average molecular weight is 257 g/mol. The van der Waals surface area contributed by atoms with Gasteiger partial charge in [-0.15, -0.1) is 0 Å². The van der Waals surface area contributed by atoms with Crippen molar-refractivity contribution in [2.75, 3.05) is 6.61 Å². The molecular formula is C12H17BrO. The SMILES string of the molecule is CCC(C)c1ccc(CCO)cc1Br. The summed E-state index contributed by atoms with van der Waals surface area (Å²) in [4.78, 5) is 0. The van der Waals surface area contributed by atoms with Crippen LogP contribution in [0.15, 0.2) is 22.7 Å². The van der Waals surface area contributed by atoms with E-state index in [4.69, 9.17) is 5.11 Å². The van der Waals surface area contributed by atoms with Crippen LogP contribution in [0.5, 0.6) is 0 Å². The molecule has 1 unspecified atom stereocenters. The lowest BCUT2D eigenvalue weighted by molar-refractivity contribution is 0.299. The number of aliphatic hydroxyl groups is 1. The molecule has 0 aliphatic rings. The zero-order valence-electron chi connectivity index (χ0n) is 8.76. The molecule has 0 fully saturated rings. The molecule has 14 heavy (non-hydrogen) atoms. The van der Waals surface area contributed by atoms with E-state index in [0.29, 0.717) is 5.92 Å². The van der Waals surface area contributed by atoms with Crippen molar-refractivity contribution in [3.05, 3.63) is 33.8 Å². The van der Waals surface area contributed by atoms with E-state index in [-0.39, 0.29) is 6.61 Å². The predicted molar refractivity (Wildman–Crippen MR) is 63.6 cm³/mol. The van der Waals surface area contributed by atoms with Crippen molar-refractivity contribution in [2.24, 2.45) is 0 Å². The van der Waals surface area contributed by atoms with Gasteiger partial charge in [-0.3, -0.25) is 0 Å². The molecule has 0 aliphatic carbocycles. The Hall–Kier alpha value is -0.340. The van der Waals surface area contributed by atoms with E-state index in [1.807, 2.05) is 0 Å². The highest BCUT2D eigenvalue weighted by Crippen LogP contribution is 2.27. The Morgan fingerprint density at radius 2 is 2.14 bits per heavy atom. The van der Waals surface area contributed by atoms with Gasteiger partial charge in [0.2, 0.25) is 0 Å². The second-order valence-electron chi connectivity index (χ2n) is 3.64. The lowest BCUT2D eigenvalue weighted by atomic mass is 9.97. The van der Waals surface area contributed by atoms with E-state index in [9.17, 15) is 0 Å². The van der Waals surface area contributed by atoms with Gasteiger partial charge in [-0.25, -0.2) is 0 Å². The quantitative estimate of drug-likeness (QED) is 0.875. The van der Waals surface area contributed by atoms with Gasteiger partial charge in [0.1, 0.15) is 0 Å². The van der Waals surface area contributed by atoms with Gasteiger partial charge in [-0.05, 0) is 36.0 Å². The highest BCUT2D eigenvalue weighted by molar-refractivity contribution is 9.10. The van der Waals surface area contributed by atoms with E-state index in [0.717, 1.165) is 17.3 Å². The standard InChI is InChI=1S/C12H17BrO/c1-3-9(2)11-5-4-10(6-7-14)8-12(11)13/h4-5,8-9,14H,3,6-7H2,1-2H3. The molecule has 1 atom stereocenters. The van der Waals surface area contributed by atoms with Crippen LogP contribution in [0.1, 0.15) is 37.3 Å². The summed E-state index contributed by atoms with van der Waals surface area (Å²) in [5.41, 5.74) is 2.54. The first-order valence-electron chi connectivity index (χ1n) is 5.08. The number of aliphatic hydroxyl groups excluding tert-OH is 1. The Balaban J connectivity index is 2.89. The molecule has 1 nitrogen and oxygen atoms in total. The van der Waals surface area contributed by atoms with Crippen LogP contribution in [0.4, 0.5) is 0 Å². The fraction of sp³-hybridized carbons (Fsp3) is 0.500. The molecule has 0 spiro atoms. The van der Waals surface area contributed by atoms with Gasteiger partial charge in [0.15, 0.2) is 0 Å². The van der Waals surface area contributed by atoms with Crippen molar-refractivity contribution in [1.82, 2.24) is 0 Å². The fourth-order valence-corrected chi connectivity index (χ4v) is 2.29. The first-order chi connectivity index (χ1) is 6.69. The third-order valence-corrected chi connectivity index (χ3v) is 3.30. The molecule has 0 saturated carbocycles. The molecule has 0 saturated heterocycles. The van der Waals surface area contributed by atoms with Gasteiger partial charge in [0.05, 0.1) is 0 Å². The van der Waals surface area contributed by atoms with Crippen LogP contribution >= 0.6 is 15.9 Å². The van der Waals surface area contributed by atoms with Gasteiger partial charge in [0.25, 0.3) is 0 Å². The van der Waals surface area contributed by atoms with Crippen LogP contribution in [-0.2, 0) is 6.42 Å². The van der Waals surface area contributed by atoms with E-state index < -0.39 is 0 Å². The molecule has 2 heteroatoms. The normalized spacial score (nSPS) is 12.9. The summed E-state index contributed by atoms with van der Waals surface area (Å²) in [5, 5.41) is 8.82. The summed E-state index contributed by atoms with van der Waals surface area (Å²) in [7, 11) is 0. The van der Waals surface area contributed by atoms with E-state index >= 15 is 0 Å². The van der Waals surface area contributed by atoms with Gasteiger partial charge < -0.3 is 5.11 Å². The summed E-state index contributed by atoms with van der Waals surface area (Å²) >= 11 is 3.58. The number of halogens is 1. The zero-order chi connectivity index (χ0) is 10.6. The van der Waals surface area contributed by atoms with Crippen LogP contribution in [0, 0.1) is 0 Å². The highest BCUT2D eigenvalue weighted by Gasteiger charge is 2.07. The molecule has 0 aliphatic heterocycles. The Kier molecular flexibility index (Phi) is 4.63. The minimum atomic E-state index is 0.217. The Morgan fingerprint density at radius 3 is 2.64 bits per heavy atom. The molecule has 1 aromatic carbocycles. The van der Waals surface area contributed by atoms with Crippen LogP contribution < -0.4 is 0 Å². The number of hydrogen-bond acceptors (Lipinski definition) is 1. The zero-order valence-corrected chi connectivity index (χ0v) is 10.3. The van der Waals surface area contributed by atoms with Crippen LogP contribution in [0.3, 0.4) is 0 Å². The van der Waals surface area contributed by atoms with Gasteiger partial charge >= 0.3 is 0 Å². The summed E-state index contributed by atoms with van der Waals surface area (Å²) in [6, 6.07) is 6.36. The van der Waals surface area contributed by atoms with Gasteiger partial charge in [0, 0.05) is 11.1 Å². The smallest absolute Gasteiger partial charge is 0.0471 e. The van der Waals surface area contributed by atoms with E-state index in [1.165, 1.54) is 11.1 Å². The first kappa shape index (κ1) is 11.7. The highest BCUT2D eigenvalue weighted by atomic mass is 79.9. The molecule has 0 amide bonds. The van der Waals surface area contributed by atoms with Crippen LogP contribution in [-0.4, -0.2) is 11.7 Å². The maximum Gasteiger partial charge on any atom is 0.0471 e. The van der Waals surface area contributed by atoms with Crippen molar-refractivity contribution in [3.63, 3.8) is 0 Å². The molecule has 1 rings (SSSR count). The van der Waals surface area contributed by atoms with Crippen molar-refractivity contribution < 1.29 is 5.11 Å². The third-order valence-electron chi connectivity index (χ3n) is 2.61. The van der Waals surface area contributed by atoms with Crippen LogP contribution in [0.2, 0.25) is 0 Å². The topological polar surface area (TPSA) is 20.2 Å². The minimum Gasteiger partial charge on any atom is -0.396 e. The Bertz CT molecular complexity index is 296. The maximum atomic E-state index is 8.82. The second-order valence-corrected chi connectivity index (χ2v) is 4.49. The van der Waals surface area contributed by atoms with Crippen molar-refractivity contribution in [2.45, 2.75) is 32.6 Å². The average Bonchev–Trinajstić information content (AvgIpc) is 2.17. The molecule has 0 aromatic heterocycles. The van der Waals surface area contributed by atoms with Crippen molar-refractivity contribution in [3.8, 4) is 0 Å². The maximum absolute atomic E-state index is 8.82. The second kappa shape index (κ2) is 5.52. The summed E-state index contributed by atoms with van der Waals surface area (Å²) < 4.78 is 1.16. The number of hydrogen-bond donors (Lipinski definition) is 1. The molecule has 1 aromatic rings. The summed E-state index contributed by atoms with van der Waals surface area (Å²) in [5.74, 6) is 0.590. The van der Waals surface area contributed by atoms with Gasteiger partial charge in [-0.1, -0.05) is 41.9 Å². The predicted octanol–water partition coefficient (Wildman–Crippen LogP) is 3.50. The van der Waals surface area contributed by atoms with Crippen molar-refractivity contribution in [1.29, 1.82) is 0 Å². The minimum absolute atomic E-state index is 0.217. The monoisotopic (exact) mass is 256 g/mol. The summed E-state index contributed by atoms with van der Waals surface area (Å²) in [6.45, 7) is 4.64.